The molecular formula is C12H14N2O3. The van der Waals surface area contributed by atoms with Gasteiger partial charge in [-0.05, 0) is 24.5 Å². The van der Waals surface area contributed by atoms with Gasteiger partial charge in [-0.3, -0.25) is 9.78 Å². The summed E-state index contributed by atoms with van der Waals surface area (Å²) >= 11 is 0. The molecule has 1 fully saturated rings. The molecule has 90 valence electrons. The molecule has 5 heteroatoms. The predicted molar refractivity (Wildman–Crippen MR) is 60.5 cm³/mol. The van der Waals surface area contributed by atoms with Gasteiger partial charge in [-0.25, -0.2) is 4.79 Å². The van der Waals surface area contributed by atoms with E-state index in [2.05, 4.69) is 10.3 Å². The van der Waals surface area contributed by atoms with E-state index >= 15 is 0 Å². The van der Waals surface area contributed by atoms with E-state index in [1.807, 2.05) is 0 Å². The maximum atomic E-state index is 11.8. The Balaban J connectivity index is 1.97. The van der Waals surface area contributed by atoms with Gasteiger partial charge in [0, 0.05) is 18.0 Å². The highest BCUT2D eigenvalue weighted by Gasteiger charge is 2.30. The second-order valence-corrected chi connectivity index (χ2v) is 4.28. The Hall–Kier alpha value is -1.91. The Morgan fingerprint density at radius 1 is 1.41 bits per heavy atom. The molecule has 0 aliphatic heterocycles. The highest BCUT2D eigenvalue weighted by atomic mass is 16.4. The van der Waals surface area contributed by atoms with Crippen LogP contribution in [0.25, 0.3) is 0 Å². The van der Waals surface area contributed by atoms with Crippen molar-refractivity contribution in [3.8, 4) is 0 Å². The van der Waals surface area contributed by atoms with Gasteiger partial charge >= 0.3 is 5.97 Å². The smallest absolute Gasteiger partial charge is 0.326 e. The summed E-state index contributed by atoms with van der Waals surface area (Å²) in [5.74, 6) is -0.881. The molecule has 1 aliphatic rings. The van der Waals surface area contributed by atoms with Crippen LogP contribution in [0, 0.1) is 5.92 Å². The normalized spacial score (nSPS) is 16.2. The van der Waals surface area contributed by atoms with E-state index in [4.69, 9.17) is 5.11 Å². The van der Waals surface area contributed by atoms with E-state index in [1.54, 1.807) is 12.1 Å². The molecule has 0 aromatic carbocycles. The molecule has 1 atom stereocenters. The third-order valence-electron chi connectivity index (χ3n) is 2.81. The summed E-state index contributed by atoms with van der Waals surface area (Å²) in [7, 11) is 0. The van der Waals surface area contributed by atoms with Crippen LogP contribution in [-0.4, -0.2) is 28.0 Å². The van der Waals surface area contributed by atoms with E-state index in [0.29, 0.717) is 17.9 Å². The van der Waals surface area contributed by atoms with Crippen LogP contribution in [0.2, 0.25) is 0 Å². The number of hydrogen-bond donors (Lipinski definition) is 2. The number of carbonyl (C=O) groups excluding carboxylic acids is 1. The van der Waals surface area contributed by atoms with Crippen molar-refractivity contribution < 1.29 is 14.7 Å². The summed E-state index contributed by atoms with van der Waals surface area (Å²) < 4.78 is 0. The number of pyridine rings is 1. The molecule has 2 N–H and O–H groups in total. The Kier molecular flexibility index (Phi) is 3.37. The number of rotatable bonds is 5. The lowest BCUT2D eigenvalue weighted by Crippen LogP contribution is -2.41. The second-order valence-electron chi connectivity index (χ2n) is 4.28. The summed E-state index contributed by atoms with van der Waals surface area (Å²) in [6.07, 6.45) is 5.66. The largest absolute Gasteiger partial charge is 0.480 e. The molecule has 1 amide bonds. The number of nitrogens with zero attached hydrogens (tertiary/aromatic N) is 1. The van der Waals surface area contributed by atoms with Crippen LogP contribution in [-0.2, 0) is 4.79 Å². The molecule has 1 saturated carbocycles. The van der Waals surface area contributed by atoms with E-state index in [0.717, 1.165) is 12.8 Å². The summed E-state index contributed by atoms with van der Waals surface area (Å²) in [4.78, 5) is 26.6. The fourth-order valence-electron chi connectivity index (χ4n) is 1.65. The van der Waals surface area contributed by atoms with Crippen LogP contribution >= 0.6 is 0 Å². The van der Waals surface area contributed by atoms with Crippen LogP contribution < -0.4 is 5.32 Å². The first-order valence-electron chi connectivity index (χ1n) is 5.60. The molecule has 0 saturated heterocycles. The van der Waals surface area contributed by atoms with Crippen LogP contribution in [0.4, 0.5) is 0 Å². The number of aromatic nitrogens is 1. The zero-order valence-electron chi connectivity index (χ0n) is 9.30. The molecule has 17 heavy (non-hydrogen) atoms. The highest BCUT2D eigenvalue weighted by Crippen LogP contribution is 2.33. The van der Waals surface area contributed by atoms with Crippen LogP contribution in [0.1, 0.15) is 29.6 Å². The molecule has 1 aliphatic carbocycles. The summed E-state index contributed by atoms with van der Waals surface area (Å²) in [5, 5.41) is 11.6. The number of aliphatic carboxylic acids is 1. The van der Waals surface area contributed by atoms with Gasteiger partial charge in [-0.2, -0.15) is 0 Å². The molecule has 1 aromatic heterocycles. The van der Waals surface area contributed by atoms with E-state index in [9.17, 15) is 9.59 Å². The Morgan fingerprint density at radius 2 is 2.06 bits per heavy atom. The molecule has 1 aromatic rings. The molecular weight excluding hydrogens is 220 g/mol. The standard InChI is InChI=1S/C12H14N2O3/c15-11(9-3-5-13-6-4-9)14-10(12(16)17)7-8-1-2-8/h3-6,8,10H,1-2,7H2,(H,14,15)(H,16,17)/t10-/m0/s1. The first kappa shape index (κ1) is 11.6. The van der Waals surface area contributed by atoms with Crippen LogP contribution in [0.3, 0.4) is 0 Å². The van der Waals surface area contributed by atoms with Gasteiger partial charge in [0.1, 0.15) is 6.04 Å². The zero-order valence-corrected chi connectivity index (χ0v) is 9.30. The van der Waals surface area contributed by atoms with Crippen molar-refractivity contribution in [1.29, 1.82) is 0 Å². The van der Waals surface area contributed by atoms with E-state index in [-0.39, 0.29) is 5.91 Å². The SMILES string of the molecule is O=C(N[C@@H](CC1CC1)C(=O)O)c1ccncc1. The first-order chi connectivity index (χ1) is 8.16. The first-order valence-corrected chi connectivity index (χ1v) is 5.60. The lowest BCUT2D eigenvalue weighted by molar-refractivity contribution is -0.139. The number of carbonyl (C=O) groups is 2. The maximum absolute atomic E-state index is 11.8. The fraction of sp³-hybridized carbons (Fsp3) is 0.417. The Labute approximate surface area is 98.9 Å². The Bertz CT molecular complexity index is 415. The van der Waals surface area contributed by atoms with Gasteiger partial charge in [0.05, 0.1) is 0 Å². The minimum absolute atomic E-state index is 0.361. The lowest BCUT2D eigenvalue weighted by atomic mass is 10.1. The minimum Gasteiger partial charge on any atom is -0.480 e. The monoisotopic (exact) mass is 234 g/mol. The van der Waals surface area contributed by atoms with Crippen molar-refractivity contribution >= 4 is 11.9 Å². The second kappa shape index (κ2) is 4.95. The van der Waals surface area contributed by atoms with Crippen molar-refractivity contribution in [3.05, 3.63) is 30.1 Å². The third kappa shape index (κ3) is 3.27. The number of carboxylic acids is 1. The molecule has 5 nitrogen and oxygen atoms in total. The van der Waals surface area contributed by atoms with E-state index < -0.39 is 12.0 Å². The third-order valence-corrected chi connectivity index (χ3v) is 2.81. The van der Waals surface area contributed by atoms with Crippen LogP contribution in [0.15, 0.2) is 24.5 Å². The maximum Gasteiger partial charge on any atom is 0.326 e. The summed E-state index contributed by atoms with van der Waals surface area (Å²) in [6, 6.07) is 2.33. The number of nitrogens with one attached hydrogen (secondary N) is 1. The number of hydrogen-bond acceptors (Lipinski definition) is 3. The van der Waals surface area contributed by atoms with Crippen molar-refractivity contribution in [2.75, 3.05) is 0 Å². The molecule has 0 radical (unpaired) electrons. The van der Waals surface area contributed by atoms with Gasteiger partial charge in [0.2, 0.25) is 0 Å². The van der Waals surface area contributed by atoms with Gasteiger partial charge in [-0.1, -0.05) is 12.8 Å². The molecule has 0 unspecified atom stereocenters. The van der Waals surface area contributed by atoms with Crippen molar-refractivity contribution in [3.63, 3.8) is 0 Å². The topological polar surface area (TPSA) is 79.3 Å². The fourth-order valence-corrected chi connectivity index (χ4v) is 1.65. The average Bonchev–Trinajstić information content (AvgIpc) is 3.13. The summed E-state index contributed by atoms with van der Waals surface area (Å²) in [5.41, 5.74) is 0.432. The van der Waals surface area contributed by atoms with Crippen molar-refractivity contribution in [2.24, 2.45) is 5.92 Å². The van der Waals surface area contributed by atoms with Gasteiger partial charge in [-0.15, -0.1) is 0 Å². The number of amides is 1. The van der Waals surface area contributed by atoms with Crippen LogP contribution in [0.5, 0.6) is 0 Å². The van der Waals surface area contributed by atoms with Crippen molar-refractivity contribution in [2.45, 2.75) is 25.3 Å². The van der Waals surface area contributed by atoms with Crippen molar-refractivity contribution in [1.82, 2.24) is 10.3 Å². The average molecular weight is 234 g/mol. The van der Waals surface area contributed by atoms with Gasteiger partial charge in [0.25, 0.3) is 5.91 Å². The predicted octanol–water partition coefficient (Wildman–Crippen LogP) is 1.06. The zero-order chi connectivity index (χ0) is 12.3. The quantitative estimate of drug-likeness (QED) is 0.798. The molecule has 0 spiro atoms. The summed E-state index contributed by atoms with van der Waals surface area (Å²) in [6.45, 7) is 0. The van der Waals surface area contributed by atoms with E-state index in [1.165, 1.54) is 12.4 Å². The van der Waals surface area contributed by atoms with Gasteiger partial charge < -0.3 is 10.4 Å². The highest BCUT2D eigenvalue weighted by molar-refractivity contribution is 5.96. The Morgan fingerprint density at radius 3 is 2.59 bits per heavy atom. The minimum atomic E-state index is -0.973. The molecule has 0 bridgehead atoms. The molecule has 1 heterocycles. The lowest BCUT2D eigenvalue weighted by Gasteiger charge is -2.13. The van der Waals surface area contributed by atoms with Gasteiger partial charge in [0.15, 0.2) is 0 Å². The number of carboxylic acid groups (broad SMARTS) is 1. The molecule has 2 rings (SSSR count).